The summed E-state index contributed by atoms with van der Waals surface area (Å²) >= 11 is 0. The molecule has 7 heteroatoms. The minimum Gasteiger partial charge on any atom is -0.368 e. The van der Waals surface area contributed by atoms with E-state index in [0.29, 0.717) is 0 Å². The van der Waals surface area contributed by atoms with E-state index in [1.54, 1.807) is 6.20 Å². The number of ether oxygens (including phenoxy) is 1. The molecule has 1 fully saturated rings. The number of likely N-dealkylation sites (tertiary alicyclic amines) is 1. The van der Waals surface area contributed by atoms with Crippen LogP contribution in [-0.2, 0) is 23.3 Å². The number of aromatic nitrogens is 5. The predicted octanol–water partition coefficient (Wildman–Crippen LogP) is 0.967. The minimum atomic E-state index is -0.221. The number of hydrogen-bond donors (Lipinski definition) is 1. The number of aromatic amines is 1. The molecular weight excluding hydrogens is 280 g/mol. The van der Waals surface area contributed by atoms with Gasteiger partial charge in [-0.25, -0.2) is 9.97 Å². The van der Waals surface area contributed by atoms with Crippen molar-refractivity contribution in [1.29, 1.82) is 0 Å². The molecule has 0 radical (unpaired) electrons. The summed E-state index contributed by atoms with van der Waals surface area (Å²) in [6.07, 6.45) is 6.61. The van der Waals surface area contributed by atoms with Crippen LogP contribution in [0.2, 0.25) is 0 Å². The fourth-order valence-electron chi connectivity index (χ4n) is 3.48. The van der Waals surface area contributed by atoms with Crippen molar-refractivity contribution in [3.63, 3.8) is 0 Å². The van der Waals surface area contributed by atoms with Gasteiger partial charge in [0.15, 0.2) is 0 Å². The first-order valence-electron chi connectivity index (χ1n) is 7.79. The highest BCUT2D eigenvalue weighted by Crippen LogP contribution is 2.40. The molecule has 7 nitrogen and oxygen atoms in total. The third-order valence-electron chi connectivity index (χ3n) is 4.68. The summed E-state index contributed by atoms with van der Waals surface area (Å²) in [7, 11) is 0. The lowest BCUT2D eigenvalue weighted by atomic mass is 9.83. The summed E-state index contributed by atoms with van der Waals surface area (Å²) in [5.41, 5.74) is 3.13. The van der Waals surface area contributed by atoms with Crippen molar-refractivity contribution in [2.75, 3.05) is 19.7 Å². The highest BCUT2D eigenvalue weighted by atomic mass is 16.5. The van der Waals surface area contributed by atoms with Gasteiger partial charge in [-0.1, -0.05) is 0 Å². The molecule has 0 amide bonds. The van der Waals surface area contributed by atoms with Crippen molar-refractivity contribution in [3.05, 3.63) is 35.2 Å². The molecule has 0 atom stereocenters. The maximum atomic E-state index is 6.22. The van der Waals surface area contributed by atoms with Gasteiger partial charge in [-0.05, 0) is 31.7 Å². The second kappa shape index (κ2) is 5.40. The monoisotopic (exact) mass is 300 g/mol. The van der Waals surface area contributed by atoms with Gasteiger partial charge >= 0.3 is 0 Å². The van der Waals surface area contributed by atoms with Gasteiger partial charge in [0.25, 0.3) is 0 Å². The molecule has 4 heterocycles. The van der Waals surface area contributed by atoms with Crippen LogP contribution in [0.5, 0.6) is 0 Å². The Kier molecular flexibility index (Phi) is 3.38. The molecular formula is C15H20N6O. The van der Waals surface area contributed by atoms with Crippen LogP contribution in [0.1, 0.15) is 35.6 Å². The summed E-state index contributed by atoms with van der Waals surface area (Å²) in [6.45, 7) is 5.51. The molecule has 0 aromatic carbocycles. The average molecular weight is 300 g/mol. The number of hydrogen-bond acceptors (Lipinski definition) is 6. The van der Waals surface area contributed by atoms with Gasteiger partial charge in [0.2, 0.25) is 0 Å². The lowest BCUT2D eigenvalue weighted by molar-refractivity contribution is -0.102. The van der Waals surface area contributed by atoms with Gasteiger partial charge in [0.05, 0.1) is 24.2 Å². The van der Waals surface area contributed by atoms with Crippen molar-refractivity contribution in [3.8, 4) is 0 Å². The summed E-state index contributed by atoms with van der Waals surface area (Å²) in [5, 5.41) is 10.7. The second-order valence-corrected chi connectivity index (χ2v) is 6.12. The first-order valence-corrected chi connectivity index (χ1v) is 7.79. The molecule has 116 valence electrons. The van der Waals surface area contributed by atoms with Crippen molar-refractivity contribution in [2.24, 2.45) is 0 Å². The molecule has 22 heavy (non-hydrogen) atoms. The molecule has 0 bridgehead atoms. The van der Waals surface area contributed by atoms with Crippen LogP contribution in [0.4, 0.5) is 0 Å². The largest absolute Gasteiger partial charge is 0.368 e. The molecule has 4 rings (SSSR count). The van der Waals surface area contributed by atoms with E-state index in [2.05, 4.69) is 25.3 Å². The van der Waals surface area contributed by atoms with E-state index in [-0.39, 0.29) is 5.60 Å². The van der Waals surface area contributed by atoms with E-state index in [1.165, 1.54) is 5.56 Å². The summed E-state index contributed by atoms with van der Waals surface area (Å²) in [4.78, 5) is 11.4. The van der Waals surface area contributed by atoms with Crippen LogP contribution < -0.4 is 0 Å². The average Bonchev–Trinajstić information content (AvgIpc) is 3.04. The van der Waals surface area contributed by atoms with Crippen molar-refractivity contribution < 1.29 is 4.74 Å². The smallest absolute Gasteiger partial charge is 0.125 e. The number of nitrogens with one attached hydrogen (secondary N) is 1. The SMILES string of the molecule is Cc1ncc2c(n1)C1(CCN(Cc3cn[nH]n3)CC1)OCC2. The van der Waals surface area contributed by atoms with Gasteiger partial charge in [0.1, 0.15) is 11.4 Å². The predicted molar refractivity (Wildman–Crippen MR) is 79.0 cm³/mol. The standard InChI is InChI=1S/C15H20N6O/c1-11-16-8-12-2-7-22-15(14(12)18-11)3-5-21(6-4-15)10-13-9-17-20-19-13/h8-9H,2-7,10H2,1H3,(H,17,19,20). The van der Waals surface area contributed by atoms with Crippen LogP contribution in [0, 0.1) is 6.92 Å². The quantitative estimate of drug-likeness (QED) is 0.890. The first kappa shape index (κ1) is 13.8. The fraction of sp³-hybridized carbons (Fsp3) is 0.600. The van der Waals surface area contributed by atoms with E-state index >= 15 is 0 Å². The van der Waals surface area contributed by atoms with E-state index in [0.717, 1.165) is 62.7 Å². The molecule has 1 spiro atoms. The van der Waals surface area contributed by atoms with Crippen molar-refractivity contribution >= 4 is 0 Å². The molecule has 2 aliphatic heterocycles. The van der Waals surface area contributed by atoms with Crippen LogP contribution >= 0.6 is 0 Å². The molecule has 1 N–H and O–H groups in total. The Bertz CT molecular complexity index is 648. The Morgan fingerprint density at radius 3 is 2.95 bits per heavy atom. The zero-order valence-corrected chi connectivity index (χ0v) is 12.7. The number of aryl methyl sites for hydroxylation is 1. The van der Waals surface area contributed by atoms with Crippen LogP contribution in [-0.4, -0.2) is 50.0 Å². The van der Waals surface area contributed by atoms with Crippen molar-refractivity contribution in [1.82, 2.24) is 30.3 Å². The number of H-pyrrole nitrogens is 1. The number of nitrogens with zero attached hydrogens (tertiary/aromatic N) is 5. The van der Waals surface area contributed by atoms with Gasteiger partial charge in [-0.2, -0.15) is 15.4 Å². The van der Waals surface area contributed by atoms with Gasteiger partial charge in [-0.3, -0.25) is 4.90 Å². The highest BCUT2D eigenvalue weighted by Gasteiger charge is 2.42. The van der Waals surface area contributed by atoms with Crippen molar-refractivity contribution in [2.45, 2.75) is 38.3 Å². The van der Waals surface area contributed by atoms with Crippen LogP contribution in [0.25, 0.3) is 0 Å². The maximum Gasteiger partial charge on any atom is 0.125 e. The van der Waals surface area contributed by atoms with Gasteiger partial charge in [0, 0.05) is 25.8 Å². The second-order valence-electron chi connectivity index (χ2n) is 6.12. The Hall–Kier alpha value is -1.86. The van der Waals surface area contributed by atoms with Crippen LogP contribution in [0.15, 0.2) is 12.4 Å². The lowest BCUT2D eigenvalue weighted by Gasteiger charge is -2.43. The molecule has 0 saturated carbocycles. The topological polar surface area (TPSA) is 79.8 Å². The molecule has 0 aliphatic carbocycles. The number of piperidine rings is 1. The Morgan fingerprint density at radius 1 is 1.32 bits per heavy atom. The van der Waals surface area contributed by atoms with E-state index in [9.17, 15) is 0 Å². The Morgan fingerprint density at radius 2 is 2.18 bits per heavy atom. The summed E-state index contributed by atoms with van der Waals surface area (Å²) < 4.78 is 6.22. The summed E-state index contributed by atoms with van der Waals surface area (Å²) in [5.74, 6) is 0.827. The first-order chi connectivity index (χ1) is 10.8. The lowest BCUT2D eigenvalue weighted by Crippen LogP contribution is -2.47. The van der Waals surface area contributed by atoms with Gasteiger partial charge in [-0.15, -0.1) is 0 Å². The number of fused-ring (bicyclic) bond motifs is 2. The molecule has 2 aromatic heterocycles. The molecule has 0 unspecified atom stereocenters. The zero-order valence-electron chi connectivity index (χ0n) is 12.7. The maximum absolute atomic E-state index is 6.22. The van der Waals surface area contributed by atoms with E-state index in [1.807, 2.05) is 13.1 Å². The normalized spacial score (nSPS) is 21.0. The third-order valence-corrected chi connectivity index (χ3v) is 4.68. The van der Waals surface area contributed by atoms with E-state index in [4.69, 9.17) is 9.72 Å². The third kappa shape index (κ3) is 2.40. The van der Waals surface area contributed by atoms with Crippen LogP contribution in [0.3, 0.4) is 0 Å². The Balaban J connectivity index is 1.52. The minimum absolute atomic E-state index is 0.221. The Labute approximate surface area is 129 Å². The molecule has 1 saturated heterocycles. The van der Waals surface area contributed by atoms with E-state index < -0.39 is 0 Å². The fourth-order valence-corrected chi connectivity index (χ4v) is 3.48. The number of rotatable bonds is 2. The highest BCUT2D eigenvalue weighted by molar-refractivity contribution is 5.27. The zero-order chi connectivity index (χ0) is 15.0. The summed E-state index contributed by atoms with van der Waals surface area (Å²) in [6, 6.07) is 0. The van der Waals surface area contributed by atoms with Gasteiger partial charge < -0.3 is 4.74 Å². The molecule has 2 aliphatic rings. The molecule has 2 aromatic rings.